The molecule has 1 heterocycles. The lowest BCUT2D eigenvalue weighted by atomic mass is 10.1. The van der Waals surface area contributed by atoms with Gasteiger partial charge in [0, 0.05) is 38.8 Å². The smallest absolute Gasteiger partial charge is 0.317 e. The highest BCUT2D eigenvalue weighted by Gasteiger charge is 2.26. The van der Waals surface area contributed by atoms with Crippen molar-refractivity contribution in [3.05, 3.63) is 70.8 Å². The normalized spacial score (nSPS) is 17.4. The number of amides is 2. The number of nitrogens with zero attached hydrogens (tertiary/aromatic N) is 3. The minimum Gasteiger partial charge on any atom is -0.335 e. The first kappa shape index (κ1) is 17.6. The van der Waals surface area contributed by atoms with Gasteiger partial charge in [-0.1, -0.05) is 36.4 Å². The van der Waals surface area contributed by atoms with Gasteiger partial charge in [0.2, 0.25) is 0 Å². The van der Waals surface area contributed by atoms with E-state index in [2.05, 4.69) is 40.6 Å². The molecule has 5 nitrogen and oxygen atoms in total. The molecule has 1 fully saturated rings. The van der Waals surface area contributed by atoms with Gasteiger partial charge in [-0.15, -0.1) is 0 Å². The largest absolute Gasteiger partial charge is 0.335 e. The quantitative estimate of drug-likeness (QED) is 0.915. The van der Waals surface area contributed by atoms with E-state index < -0.39 is 0 Å². The van der Waals surface area contributed by atoms with Crippen molar-refractivity contribution in [3.8, 4) is 6.07 Å². The van der Waals surface area contributed by atoms with Crippen LogP contribution in [0.4, 0.5) is 4.79 Å². The fraction of sp³-hybridized carbons (Fsp3) is 0.364. The highest BCUT2D eigenvalue weighted by atomic mass is 16.2. The van der Waals surface area contributed by atoms with Crippen LogP contribution in [0.25, 0.3) is 0 Å². The third-order valence-corrected chi connectivity index (χ3v) is 5.53. The summed E-state index contributed by atoms with van der Waals surface area (Å²) in [5, 5.41) is 12.1. The van der Waals surface area contributed by atoms with E-state index in [4.69, 9.17) is 5.26 Å². The standard InChI is InChI=1S/C22H24N4O/c23-15-17-5-7-18(8-6-17)16-25-9-11-26(12-10-25)22(27)24-21-13-19-3-1-2-4-20(19)14-21/h1-8,21H,9-14,16H2,(H,24,27). The summed E-state index contributed by atoms with van der Waals surface area (Å²) in [6.07, 6.45) is 1.86. The van der Waals surface area contributed by atoms with Gasteiger partial charge in [0.15, 0.2) is 0 Å². The number of hydrogen-bond donors (Lipinski definition) is 1. The van der Waals surface area contributed by atoms with Gasteiger partial charge in [-0.25, -0.2) is 4.79 Å². The second-order valence-corrected chi connectivity index (χ2v) is 7.40. The van der Waals surface area contributed by atoms with E-state index in [0.717, 1.165) is 45.6 Å². The highest BCUT2D eigenvalue weighted by molar-refractivity contribution is 5.75. The van der Waals surface area contributed by atoms with Gasteiger partial charge in [0.25, 0.3) is 0 Å². The molecule has 0 saturated carbocycles. The number of hydrogen-bond acceptors (Lipinski definition) is 3. The lowest BCUT2D eigenvalue weighted by Gasteiger charge is -2.35. The van der Waals surface area contributed by atoms with Gasteiger partial charge >= 0.3 is 6.03 Å². The minimum absolute atomic E-state index is 0.0610. The van der Waals surface area contributed by atoms with Crippen molar-refractivity contribution in [2.75, 3.05) is 26.2 Å². The van der Waals surface area contributed by atoms with Crippen LogP contribution in [-0.4, -0.2) is 48.1 Å². The first-order valence-corrected chi connectivity index (χ1v) is 9.55. The molecule has 2 aliphatic rings. The molecule has 27 heavy (non-hydrogen) atoms. The van der Waals surface area contributed by atoms with Crippen LogP contribution in [0, 0.1) is 11.3 Å². The zero-order chi connectivity index (χ0) is 18.6. The summed E-state index contributed by atoms with van der Waals surface area (Å²) in [6.45, 7) is 4.11. The SMILES string of the molecule is N#Cc1ccc(CN2CCN(C(=O)NC3Cc4ccccc4C3)CC2)cc1. The first-order valence-electron chi connectivity index (χ1n) is 9.55. The fourth-order valence-electron chi connectivity index (χ4n) is 3.98. The van der Waals surface area contributed by atoms with Crippen LogP contribution in [0.2, 0.25) is 0 Å². The van der Waals surface area contributed by atoms with Crippen LogP contribution in [0.3, 0.4) is 0 Å². The number of nitrogens with one attached hydrogen (secondary N) is 1. The van der Waals surface area contributed by atoms with Crippen molar-refractivity contribution >= 4 is 6.03 Å². The Bertz CT molecular complexity index is 822. The summed E-state index contributed by atoms with van der Waals surface area (Å²) >= 11 is 0. The fourth-order valence-corrected chi connectivity index (χ4v) is 3.98. The molecule has 1 aliphatic heterocycles. The van der Waals surface area contributed by atoms with Gasteiger partial charge < -0.3 is 10.2 Å². The van der Waals surface area contributed by atoms with E-state index in [1.54, 1.807) is 0 Å². The van der Waals surface area contributed by atoms with Crippen molar-refractivity contribution in [2.45, 2.75) is 25.4 Å². The molecule has 0 spiro atoms. The number of fused-ring (bicyclic) bond motifs is 1. The Balaban J connectivity index is 1.24. The average Bonchev–Trinajstić information content (AvgIpc) is 3.11. The molecule has 5 heteroatoms. The van der Waals surface area contributed by atoms with Crippen molar-refractivity contribution < 1.29 is 4.79 Å². The zero-order valence-electron chi connectivity index (χ0n) is 15.4. The summed E-state index contributed by atoms with van der Waals surface area (Å²) in [4.78, 5) is 16.9. The van der Waals surface area contributed by atoms with Crippen LogP contribution in [0.1, 0.15) is 22.3 Å². The molecule has 138 valence electrons. The third-order valence-electron chi connectivity index (χ3n) is 5.53. The van der Waals surface area contributed by atoms with Crippen molar-refractivity contribution in [1.82, 2.24) is 15.1 Å². The van der Waals surface area contributed by atoms with Crippen LogP contribution in [0.15, 0.2) is 48.5 Å². The molecule has 0 unspecified atom stereocenters. The Hall–Kier alpha value is -2.84. The maximum absolute atomic E-state index is 12.6. The van der Waals surface area contributed by atoms with E-state index in [-0.39, 0.29) is 12.1 Å². The number of rotatable bonds is 3. The molecular weight excluding hydrogens is 336 g/mol. The van der Waals surface area contributed by atoms with Crippen LogP contribution >= 0.6 is 0 Å². The summed E-state index contributed by atoms with van der Waals surface area (Å²) in [5.41, 5.74) is 4.61. The molecule has 1 N–H and O–H groups in total. The second-order valence-electron chi connectivity index (χ2n) is 7.40. The number of piperazine rings is 1. The van der Waals surface area contributed by atoms with Gasteiger partial charge in [-0.05, 0) is 41.7 Å². The van der Waals surface area contributed by atoms with Gasteiger partial charge in [0.1, 0.15) is 0 Å². The van der Waals surface area contributed by atoms with Crippen LogP contribution in [0.5, 0.6) is 0 Å². The van der Waals surface area contributed by atoms with Crippen molar-refractivity contribution in [3.63, 3.8) is 0 Å². The number of carbonyl (C=O) groups is 1. The lowest BCUT2D eigenvalue weighted by Crippen LogP contribution is -2.53. The maximum Gasteiger partial charge on any atom is 0.317 e. The molecule has 0 aromatic heterocycles. The topological polar surface area (TPSA) is 59.4 Å². The predicted molar refractivity (Wildman–Crippen MR) is 104 cm³/mol. The van der Waals surface area contributed by atoms with Crippen molar-refractivity contribution in [1.29, 1.82) is 5.26 Å². The maximum atomic E-state index is 12.6. The Morgan fingerprint density at radius 2 is 1.63 bits per heavy atom. The average molecular weight is 360 g/mol. The lowest BCUT2D eigenvalue weighted by molar-refractivity contribution is 0.133. The number of benzene rings is 2. The first-order chi connectivity index (χ1) is 13.2. The van der Waals surface area contributed by atoms with Crippen LogP contribution < -0.4 is 5.32 Å². The predicted octanol–water partition coefficient (Wildman–Crippen LogP) is 2.55. The van der Waals surface area contributed by atoms with Gasteiger partial charge in [0.05, 0.1) is 11.6 Å². The highest BCUT2D eigenvalue weighted by Crippen LogP contribution is 2.22. The van der Waals surface area contributed by atoms with E-state index in [9.17, 15) is 4.79 Å². The Labute approximate surface area is 160 Å². The molecule has 2 aromatic rings. The number of nitriles is 1. The zero-order valence-corrected chi connectivity index (χ0v) is 15.4. The van der Waals surface area contributed by atoms with Crippen LogP contribution in [-0.2, 0) is 19.4 Å². The third kappa shape index (κ3) is 4.12. The van der Waals surface area contributed by atoms with E-state index in [1.807, 2.05) is 29.2 Å². The molecule has 0 radical (unpaired) electrons. The Morgan fingerprint density at radius 3 is 2.22 bits per heavy atom. The minimum atomic E-state index is 0.0610. The molecule has 1 aliphatic carbocycles. The van der Waals surface area contributed by atoms with Gasteiger partial charge in [-0.2, -0.15) is 5.26 Å². The molecule has 2 amide bonds. The molecule has 0 bridgehead atoms. The number of urea groups is 1. The summed E-state index contributed by atoms with van der Waals surface area (Å²) in [7, 11) is 0. The molecule has 0 atom stereocenters. The molecular formula is C22H24N4O. The van der Waals surface area contributed by atoms with Gasteiger partial charge in [-0.3, -0.25) is 4.90 Å². The van der Waals surface area contributed by atoms with E-state index >= 15 is 0 Å². The van der Waals surface area contributed by atoms with E-state index in [0.29, 0.717) is 5.56 Å². The number of carbonyl (C=O) groups excluding carboxylic acids is 1. The summed E-state index contributed by atoms with van der Waals surface area (Å²) in [5.74, 6) is 0. The Morgan fingerprint density at radius 1 is 1.00 bits per heavy atom. The van der Waals surface area contributed by atoms with E-state index in [1.165, 1.54) is 16.7 Å². The van der Waals surface area contributed by atoms with Crippen molar-refractivity contribution in [2.24, 2.45) is 0 Å². The molecule has 4 rings (SSSR count). The summed E-state index contributed by atoms with van der Waals surface area (Å²) < 4.78 is 0. The Kier molecular flexibility index (Phi) is 5.08. The monoisotopic (exact) mass is 360 g/mol. The molecule has 1 saturated heterocycles. The second kappa shape index (κ2) is 7.81. The molecule has 2 aromatic carbocycles. The summed E-state index contributed by atoms with van der Waals surface area (Å²) in [6, 6.07) is 18.6.